The summed E-state index contributed by atoms with van der Waals surface area (Å²) in [7, 11) is 0. The summed E-state index contributed by atoms with van der Waals surface area (Å²) in [4.78, 5) is 34.8. The van der Waals surface area contributed by atoms with Crippen LogP contribution in [0, 0.1) is 5.41 Å². The molecule has 3 heterocycles. The number of aromatic amines is 1. The van der Waals surface area contributed by atoms with Gasteiger partial charge in [-0.1, -0.05) is 20.8 Å². The molecule has 8 nitrogen and oxygen atoms in total. The Bertz CT molecular complexity index is 921. The molecule has 0 spiro atoms. The molecule has 0 aliphatic heterocycles. The summed E-state index contributed by atoms with van der Waals surface area (Å²) in [6, 6.07) is 4.86. The minimum absolute atomic E-state index is 0.220. The number of aromatic nitrogens is 5. The van der Waals surface area contributed by atoms with Gasteiger partial charge in [-0.15, -0.1) is 5.10 Å². The molecule has 118 valence electrons. The maximum absolute atomic E-state index is 12.2. The number of H-pyrrole nitrogens is 1. The number of amides is 1. The fourth-order valence-electron chi connectivity index (χ4n) is 1.90. The molecule has 2 N–H and O–H groups in total. The predicted molar refractivity (Wildman–Crippen MR) is 84.9 cm³/mol. The van der Waals surface area contributed by atoms with Crippen LogP contribution < -0.4 is 10.9 Å². The lowest BCUT2D eigenvalue weighted by molar-refractivity contribution is -0.123. The van der Waals surface area contributed by atoms with Gasteiger partial charge in [0.05, 0.1) is 0 Å². The van der Waals surface area contributed by atoms with Gasteiger partial charge in [0.2, 0.25) is 11.7 Å². The number of rotatable bonds is 2. The fraction of sp³-hybridized carbons (Fsp3) is 0.267. The maximum Gasteiger partial charge on any atom is 0.254 e. The van der Waals surface area contributed by atoms with E-state index in [4.69, 9.17) is 0 Å². The van der Waals surface area contributed by atoms with Crippen LogP contribution in [0.2, 0.25) is 0 Å². The molecule has 0 radical (unpaired) electrons. The molecular formula is C15H16N6O2. The maximum atomic E-state index is 12.2. The Labute approximate surface area is 131 Å². The third-order valence-corrected chi connectivity index (χ3v) is 3.18. The van der Waals surface area contributed by atoms with Gasteiger partial charge in [0.1, 0.15) is 5.82 Å². The van der Waals surface area contributed by atoms with Crippen molar-refractivity contribution in [3.05, 3.63) is 40.9 Å². The van der Waals surface area contributed by atoms with E-state index in [2.05, 4.69) is 25.4 Å². The van der Waals surface area contributed by atoms with E-state index in [0.29, 0.717) is 11.4 Å². The summed E-state index contributed by atoms with van der Waals surface area (Å²) >= 11 is 0. The lowest BCUT2D eigenvalue weighted by atomic mass is 9.96. The smallest absolute Gasteiger partial charge is 0.254 e. The SMILES string of the molecule is CC(C)(C)C(=O)Nc1cc(=O)[nH]c2nc(-c3cccnc3)nn12. The molecule has 8 heteroatoms. The fourth-order valence-corrected chi connectivity index (χ4v) is 1.90. The van der Waals surface area contributed by atoms with E-state index in [1.54, 1.807) is 39.2 Å². The minimum atomic E-state index is -0.596. The second kappa shape index (κ2) is 5.31. The van der Waals surface area contributed by atoms with Crippen molar-refractivity contribution < 1.29 is 4.79 Å². The quantitative estimate of drug-likeness (QED) is 0.745. The first-order chi connectivity index (χ1) is 10.8. The molecule has 3 aromatic rings. The Morgan fingerprint density at radius 1 is 1.35 bits per heavy atom. The molecule has 0 atom stereocenters. The van der Waals surface area contributed by atoms with Crippen molar-refractivity contribution in [1.82, 2.24) is 24.6 Å². The molecule has 1 amide bonds. The number of nitrogens with one attached hydrogen (secondary N) is 2. The standard InChI is InChI=1S/C15H16N6O2/c1-15(2,3)13(23)17-10-7-11(22)18-14-19-12(20-21(10)14)9-5-4-6-16-8-9/h4-8H,1-3H3,(H,17,23)(H,18,19,20,22). The summed E-state index contributed by atoms with van der Waals surface area (Å²) < 4.78 is 1.40. The first-order valence-corrected chi connectivity index (χ1v) is 7.06. The number of pyridine rings is 1. The van der Waals surface area contributed by atoms with Crippen LogP contribution in [-0.4, -0.2) is 30.5 Å². The minimum Gasteiger partial charge on any atom is -0.310 e. The van der Waals surface area contributed by atoms with Gasteiger partial charge in [0.15, 0.2) is 5.82 Å². The number of carbonyl (C=O) groups is 1. The Morgan fingerprint density at radius 2 is 2.13 bits per heavy atom. The highest BCUT2D eigenvalue weighted by atomic mass is 16.2. The van der Waals surface area contributed by atoms with Gasteiger partial charge < -0.3 is 5.32 Å². The molecule has 0 aliphatic carbocycles. The average molecular weight is 312 g/mol. The summed E-state index contributed by atoms with van der Waals surface area (Å²) in [6.45, 7) is 5.36. The Balaban J connectivity index is 2.10. The molecule has 0 saturated carbocycles. The van der Waals surface area contributed by atoms with Crippen LogP contribution in [0.1, 0.15) is 20.8 Å². The van der Waals surface area contributed by atoms with Crippen LogP contribution in [0.3, 0.4) is 0 Å². The van der Waals surface area contributed by atoms with Gasteiger partial charge in [0.25, 0.3) is 5.56 Å². The third kappa shape index (κ3) is 2.96. The molecule has 0 aromatic carbocycles. The molecule has 0 aliphatic rings. The molecule has 0 unspecified atom stereocenters. The normalized spacial score (nSPS) is 11.6. The number of fused-ring (bicyclic) bond motifs is 1. The highest BCUT2D eigenvalue weighted by molar-refractivity contribution is 5.93. The molecule has 0 bridgehead atoms. The summed E-state index contributed by atoms with van der Waals surface area (Å²) in [5, 5.41) is 7.06. The lowest BCUT2D eigenvalue weighted by Crippen LogP contribution is -2.29. The first kappa shape index (κ1) is 14.9. The average Bonchev–Trinajstić information content (AvgIpc) is 2.91. The van der Waals surface area contributed by atoms with E-state index in [1.807, 2.05) is 6.07 Å². The van der Waals surface area contributed by atoms with E-state index in [1.165, 1.54) is 10.6 Å². The van der Waals surface area contributed by atoms with Crippen molar-refractivity contribution in [3.63, 3.8) is 0 Å². The molecular weight excluding hydrogens is 296 g/mol. The number of anilines is 1. The zero-order valence-corrected chi connectivity index (χ0v) is 13.0. The number of hydrogen-bond acceptors (Lipinski definition) is 5. The first-order valence-electron chi connectivity index (χ1n) is 7.06. The largest absolute Gasteiger partial charge is 0.310 e. The molecule has 0 fully saturated rings. The van der Waals surface area contributed by atoms with Crippen LogP contribution in [0.4, 0.5) is 5.82 Å². The topological polar surface area (TPSA) is 105 Å². The summed E-state index contributed by atoms with van der Waals surface area (Å²) in [5.74, 6) is 0.709. The zero-order chi connectivity index (χ0) is 16.6. The second-order valence-corrected chi connectivity index (χ2v) is 6.14. The van der Waals surface area contributed by atoms with Crippen LogP contribution in [0.15, 0.2) is 35.4 Å². The van der Waals surface area contributed by atoms with Crippen LogP contribution in [0.25, 0.3) is 17.2 Å². The predicted octanol–water partition coefficient (Wildman–Crippen LogP) is 1.46. The Morgan fingerprint density at radius 3 is 2.78 bits per heavy atom. The molecule has 3 rings (SSSR count). The van der Waals surface area contributed by atoms with E-state index in [0.717, 1.165) is 0 Å². The van der Waals surface area contributed by atoms with Crippen molar-refractivity contribution in [2.24, 2.45) is 5.41 Å². The van der Waals surface area contributed by atoms with E-state index < -0.39 is 5.41 Å². The van der Waals surface area contributed by atoms with Gasteiger partial charge in [-0.25, -0.2) is 0 Å². The zero-order valence-electron chi connectivity index (χ0n) is 13.0. The Kier molecular flexibility index (Phi) is 3.44. The summed E-state index contributed by atoms with van der Waals surface area (Å²) in [6.07, 6.45) is 3.27. The van der Waals surface area contributed by atoms with Crippen molar-refractivity contribution in [3.8, 4) is 11.4 Å². The monoisotopic (exact) mass is 312 g/mol. The van der Waals surface area contributed by atoms with E-state index in [-0.39, 0.29) is 23.1 Å². The van der Waals surface area contributed by atoms with Gasteiger partial charge in [0, 0.05) is 29.4 Å². The van der Waals surface area contributed by atoms with Crippen molar-refractivity contribution in [2.75, 3.05) is 5.32 Å². The van der Waals surface area contributed by atoms with E-state index in [9.17, 15) is 9.59 Å². The molecule has 3 aromatic heterocycles. The molecule has 0 saturated heterocycles. The van der Waals surface area contributed by atoms with Crippen molar-refractivity contribution >= 4 is 17.5 Å². The van der Waals surface area contributed by atoms with Gasteiger partial charge in [-0.3, -0.25) is 19.6 Å². The third-order valence-electron chi connectivity index (χ3n) is 3.18. The van der Waals surface area contributed by atoms with Gasteiger partial charge in [-0.05, 0) is 12.1 Å². The van der Waals surface area contributed by atoms with Gasteiger partial charge >= 0.3 is 0 Å². The molecule has 23 heavy (non-hydrogen) atoms. The van der Waals surface area contributed by atoms with Crippen molar-refractivity contribution in [1.29, 1.82) is 0 Å². The highest BCUT2D eigenvalue weighted by Gasteiger charge is 2.23. The van der Waals surface area contributed by atoms with Crippen LogP contribution in [0.5, 0.6) is 0 Å². The van der Waals surface area contributed by atoms with Crippen LogP contribution in [-0.2, 0) is 4.79 Å². The van der Waals surface area contributed by atoms with Crippen molar-refractivity contribution in [2.45, 2.75) is 20.8 Å². The van der Waals surface area contributed by atoms with Gasteiger partial charge in [-0.2, -0.15) is 9.50 Å². The lowest BCUT2D eigenvalue weighted by Gasteiger charge is -2.17. The highest BCUT2D eigenvalue weighted by Crippen LogP contribution is 2.18. The number of hydrogen-bond donors (Lipinski definition) is 2. The van der Waals surface area contributed by atoms with Crippen LogP contribution >= 0.6 is 0 Å². The summed E-state index contributed by atoms with van der Waals surface area (Å²) in [5.41, 5.74) is -0.251. The second-order valence-electron chi connectivity index (χ2n) is 6.14. The number of nitrogens with zero attached hydrogens (tertiary/aromatic N) is 4. The van der Waals surface area contributed by atoms with E-state index >= 15 is 0 Å². The number of carbonyl (C=O) groups excluding carboxylic acids is 1. The Hall–Kier alpha value is -3.03.